The fraction of sp³-hybridized carbons (Fsp3) is 0. The number of amides is 1. The van der Waals surface area contributed by atoms with Gasteiger partial charge in [0.25, 0.3) is 5.91 Å². The molecule has 90 valence electrons. The summed E-state index contributed by atoms with van der Waals surface area (Å²) in [7, 11) is 0. The van der Waals surface area contributed by atoms with Gasteiger partial charge in [0.2, 0.25) is 0 Å². The van der Waals surface area contributed by atoms with Gasteiger partial charge in [0.05, 0.1) is 5.57 Å². The minimum absolute atomic E-state index is 0.153. The first kappa shape index (κ1) is 11.6. The second-order valence-electron chi connectivity index (χ2n) is 3.84. The number of benzene rings is 1. The molecule has 5 heteroatoms. The molecule has 0 aliphatic carbocycles. The first-order valence-electron chi connectivity index (χ1n) is 5.22. The molecule has 2 heterocycles. The van der Waals surface area contributed by atoms with Crippen molar-refractivity contribution in [1.29, 1.82) is 0 Å². The maximum atomic E-state index is 11.9. The van der Waals surface area contributed by atoms with Gasteiger partial charge in [-0.15, -0.1) is 0 Å². The van der Waals surface area contributed by atoms with E-state index in [0.29, 0.717) is 21.0 Å². The molecule has 3 rings (SSSR count). The predicted molar refractivity (Wildman–Crippen MR) is 74.4 cm³/mol. The molecule has 1 N–H and O–H groups in total. The average Bonchev–Trinajstić information content (AvgIpc) is 2.86. The highest BCUT2D eigenvalue weighted by atomic mass is 79.9. The normalized spacial score (nSPS) is 15.9. The van der Waals surface area contributed by atoms with E-state index in [9.17, 15) is 4.79 Å². The van der Waals surface area contributed by atoms with Crippen molar-refractivity contribution in [2.45, 2.75) is 0 Å². The molecule has 18 heavy (non-hydrogen) atoms. The van der Waals surface area contributed by atoms with E-state index in [0.717, 1.165) is 11.3 Å². The molecule has 0 spiro atoms. The fourth-order valence-electron chi connectivity index (χ4n) is 1.85. The lowest BCUT2D eigenvalue weighted by Crippen LogP contribution is -2.03. The Morgan fingerprint density at radius 3 is 2.83 bits per heavy atom. The number of fused-ring (bicyclic) bond motifs is 1. The molecule has 1 aliphatic rings. The molecule has 3 nitrogen and oxygen atoms in total. The van der Waals surface area contributed by atoms with Crippen LogP contribution in [0, 0.1) is 0 Å². The zero-order chi connectivity index (χ0) is 12.7. The smallest absolute Gasteiger partial charge is 0.256 e. The highest BCUT2D eigenvalue weighted by Gasteiger charge is 2.24. The van der Waals surface area contributed by atoms with Crippen LogP contribution in [0.4, 0.5) is 5.69 Å². The summed E-state index contributed by atoms with van der Waals surface area (Å²) in [6.07, 6.45) is 1.70. The Hall–Kier alpha value is -1.52. The van der Waals surface area contributed by atoms with Crippen LogP contribution in [0.15, 0.2) is 39.4 Å². The zero-order valence-corrected chi connectivity index (χ0v) is 11.4. The molecular formula is C13H7BrClNO2. The SMILES string of the molecule is O=C1Nc2ccc(Cl)cc2/C1=C/c1ccc(Br)o1. The largest absolute Gasteiger partial charge is 0.450 e. The molecule has 0 bridgehead atoms. The van der Waals surface area contributed by atoms with Crippen molar-refractivity contribution < 1.29 is 9.21 Å². The topological polar surface area (TPSA) is 42.2 Å². The molecular weight excluding hydrogens is 318 g/mol. The van der Waals surface area contributed by atoms with Gasteiger partial charge in [-0.3, -0.25) is 4.79 Å². The van der Waals surface area contributed by atoms with Crippen LogP contribution in [0.5, 0.6) is 0 Å². The number of carbonyl (C=O) groups excluding carboxylic acids is 1. The summed E-state index contributed by atoms with van der Waals surface area (Å²) < 4.78 is 5.99. The van der Waals surface area contributed by atoms with Gasteiger partial charge in [-0.1, -0.05) is 11.6 Å². The molecule has 1 aromatic heterocycles. The van der Waals surface area contributed by atoms with E-state index in [4.69, 9.17) is 16.0 Å². The van der Waals surface area contributed by atoms with Crippen molar-refractivity contribution >= 4 is 50.8 Å². The lowest BCUT2D eigenvalue weighted by molar-refractivity contribution is -0.110. The molecule has 1 amide bonds. The Morgan fingerprint density at radius 2 is 2.11 bits per heavy atom. The molecule has 0 saturated carbocycles. The van der Waals surface area contributed by atoms with E-state index in [1.807, 2.05) is 0 Å². The number of rotatable bonds is 1. The van der Waals surface area contributed by atoms with Gasteiger partial charge >= 0.3 is 0 Å². The van der Waals surface area contributed by atoms with Crippen molar-refractivity contribution in [2.24, 2.45) is 0 Å². The predicted octanol–water partition coefficient (Wildman–Crippen LogP) is 4.19. The molecule has 0 fully saturated rings. The Morgan fingerprint density at radius 1 is 1.28 bits per heavy atom. The third kappa shape index (κ3) is 1.98. The number of anilines is 1. The van der Waals surface area contributed by atoms with Crippen LogP contribution in [0.2, 0.25) is 5.02 Å². The lowest BCUT2D eigenvalue weighted by Gasteiger charge is -1.98. The second-order valence-corrected chi connectivity index (χ2v) is 5.06. The van der Waals surface area contributed by atoms with Gasteiger partial charge in [0, 0.05) is 16.3 Å². The third-order valence-electron chi connectivity index (χ3n) is 2.65. The zero-order valence-electron chi connectivity index (χ0n) is 9.04. The van der Waals surface area contributed by atoms with E-state index >= 15 is 0 Å². The van der Waals surface area contributed by atoms with Gasteiger partial charge < -0.3 is 9.73 Å². The number of carbonyl (C=O) groups is 1. The first-order chi connectivity index (χ1) is 8.63. The van der Waals surface area contributed by atoms with E-state index in [1.54, 1.807) is 36.4 Å². The maximum Gasteiger partial charge on any atom is 0.256 e. The van der Waals surface area contributed by atoms with Crippen LogP contribution in [0.1, 0.15) is 11.3 Å². The molecule has 2 aromatic rings. The summed E-state index contributed by atoms with van der Waals surface area (Å²) in [4.78, 5) is 11.9. The van der Waals surface area contributed by atoms with Crippen LogP contribution < -0.4 is 5.32 Å². The number of halogens is 2. The maximum absolute atomic E-state index is 11.9. The van der Waals surface area contributed by atoms with E-state index in [-0.39, 0.29) is 5.91 Å². The van der Waals surface area contributed by atoms with Crippen molar-refractivity contribution in [3.05, 3.63) is 51.3 Å². The molecule has 1 aliphatic heterocycles. The van der Waals surface area contributed by atoms with Crippen molar-refractivity contribution in [2.75, 3.05) is 5.32 Å². The highest BCUT2D eigenvalue weighted by Crippen LogP contribution is 2.35. The minimum atomic E-state index is -0.153. The summed E-state index contributed by atoms with van der Waals surface area (Å²) in [6.45, 7) is 0. The summed E-state index contributed by atoms with van der Waals surface area (Å²) >= 11 is 9.17. The van der Waals surface area contributed by atoms with Crippen molar-refractivity contribution in [3.8, 4) is 0 Å². The third-order valence-corrected chi connectivity index (χ3v) is 3.31. The van der Waals surface area contributed by atoms with Gasteiger partial charge in [0.15, 0.2) is 4.67 Å². The summed E-state index contributed by atoms with van der Waals surface area (Å²) in [6, 6.07) is 8.85. The van der Waals surface area contributed by atoms with Gasteiger partial charge in [-0.2, -0.15) is 0 Å². The Labute approximate surface area is 117 Å². The van der Waals surface area contributed by atoms with Crippen molar-refractivity contribution in [1.82, 2.24) is 0 Å². The van der Waals surface area contributed by atoms with Gasteiger partial charge in [-0.05, 0) is 52.3 Å². The van der Waals surface area contributed by atoms with Gasteiger partial charge in [-0.25, -0.2) is 0 Å². The molecule has 0 radical (unpaired) electrons. The standard InChI is InChI=1S/C13H7BrClNO2/c14-12-4-2-8(18-12)6-10-9-5-7(15)1-3-11(9)16-13(10)17/h1-6H,(H,16,17)/b10-6-. The number of furan rings is 1. The summed E-state index contributed by atoms with van der Waals surface area (Å²) in [5, 5.41) is 3.38. The van der Waals surface area contributed by atoms with Crippen LogP contribution in [0.3, 0.4) is 0 Å². The van der Waals surface area contributed by atoms with E-state index in [2.05, 4.69) is 21.2 Å². The fourth-order valence-corrected chi connectivity index (χ4v) is 2.34. The van der Waals surface area contributed by atoms with Gasteiger partial charge in [0.1, 0.15) is 5.76 Å². The van der Waals surface area contributed by atoms with Crippen molar-refractivity contribution in [3.63, 3.8) is 0 Å². The highest BCUT2D eigenvalue weighted by molar-refractivity contribution is 9.10. The summed E-state index contributed by atoms with van der Waals surface area (Å²) in [5.41, 5.74) is 2.11. The molecule has 0 saturated heterocycles. The van der Waals surface area contributed by atoms with Crippen LogP contribution in [0.25, 0.3) is 11.6 Å². The van der Waals surface area contributed by atoms with E-state index in [1.165, 1.54) is 0 Å². The minimum Gasteiger partial charge on any atom is -0.450 e. The monoisotopic (exact) mass is 323 g/mol. The van der Waals surface area contributed by atoms with E-state index < -0.39 is 0 Å². The van der Waals surface area contributed by atoms with Crippen LogP contribution in [-0.4, -0.2) is 5.91 Å². The molecule has 1 aromatic carbocycles. The van der Waals surface area contributed by atoms with Crippen LogP contribution >= 0.6 is 27.5 Å². The Balaban J connectivity index is 2.11. The quantitative estimate of drug-likeness (QED) is 0.799. The number of hydrogen-bond acceptors (Lipinski definition) is 2. The Bertz CT molecular complexity index is 675. The number of nitrogens with one attached hydrogen (secondary N) is 1. The lowest BCUT2D eigenvalue weighted by atomic mass is 10.1. The number of hydrogen-bond donors (Lipinski definition) is 1. The summed E-state index contributed by atoms with van der Waals surface area (Å²) in [5.74, 6) is 0.458. The average molecular weight is 325 g/mol. The molecule has 0 atom stereocenters. The first-order valence-corrected chi connectivity index (χ1v) is 6.39. The second kappa shape index (κ2) is 4.30. The Kier molecular flexibility index (Phi) is 2.76. The molecule has 0 unspecified atom stereocenters. The van der Waals surface area contributed by atoms with Crippen LogP contribution in [-0.2, 0) is 4.79 Å².